The first-order valence-electron chi connectivity index (χ1n) is 12.9. The zero-order chi connectivity index (χ0) is 29.5. The van der Waals surface area contributed by atoms with Gasteiger partial charge < -0.3 is 24.1 Å². The maximum Gasteiger partial charge on any atom is 0.335 e. The minimum Gasteiger partial charge on any atom is -0.493 e. The van der Waals surface area contributed by atoms with Crippen molar-refractivity contribution in [1.82, 2.24) is 0 Å². The second-order valence-corrected chi connectivity index (χ2v) is 8.69. The van der Waals surface area contributed by atoms with E-state index < -0.39 is 18.5 Å². The van der Waals surface area contributed by atoms with Crippen molar-refractivity contribution < 1.29 is 38.4 Å². The van der Waals surface area contributed by atoms with E-state index in [-0.39, 0.29) is 31.2 Å². The molecular formula is C33H32O8. The number of ether oxygens (including phenoxy) is 4. The third-order valence-electron chi connectivity index (χ3n) is 5.70. The molecule has 0 aromatic heterocycles. The van der Waals surface area contributed by atoms with Crippen LogP contribution in [-0.4, -0.2) is 55.9 Å². The summed E-state index contributed by atoms with van der Waals surface area (Å²) in [6.45, 7) is 7.22. The van der Waals surface area contributed by atoms with Crippen molar-refractivity contribution >= 4 is 23.8 Å². The smallest absolute Gasteiger partial charge is 0.335 e. The van der Waals surface area contributed by atoms with Gasteiger partial charge in [0.15, 0.2) is 5.78 Å². The summed E-state index contributed by atoms with van der Waals surface area (Å²) in [6, 6.07) is 22.1. The summed E-state index contributed by atoms with van der Waals surface area (Å²) < 4.78 is 21.0. The molecule has 0 radical (unpaired) electrons. The second-order valence-electron chi connectivity index (χ2n) is 8.69. The molecule has 0 amide bonds. The van der Waals surface area contributed by atoms with Crippen molar-refractivity contribution in [3.8, 4) is 22.6 Å². The lowest BCUT2D eigenvalue weighted by molar-refractivity contribution is -0.140. The fourth-order valence-corrected chi connectivity index (χ4v) is 3.45. The highest BCUT2D eigenvalue weighted by Gasteiger charge is 2.07. The molecular weight excluding hydrogens is 524 g/mol. The quantitative estimate of drug-likeness (QED) is 0.111. The van der Waals surface area contributed by atoms with E-state index >= 15 is 0 Å². The monoisotopic (exact) mass is 556 g/mol. The molecule has 0 saturated carbocycles. The molecule has 212 valence electrons. The van der Waals surface area contributed by atoms with E-state index in [9.17, 15) is 14.4 Å². The first-order chi connectivity index (χ1) is 19.9. The molecule has 0 aliphatic carbocycles. The number of carbonyl (C=O) groups is 3. The van der Waals surface area contributed by atoms with Crippen LogP contribution in [0.2, 0.25) is 0 Å². The molecule has 3 aromatic rings. The van der Waals surface area contributed by atoms with Crippen LogP contribution in [-0.2, 0) is 19.1 Å². The van der Waals surface area contributed by atoms with Crippen molar-refractivity contribution in [2.45, 2.75) is 6.42 Å². The molecule has 1 N–H and O–H groups in total. The fourth-order valence-electron chi connectivity index (χ4n) is 3.45. The lowest BCUT2D eigenvalue weighted by atomic mass is 10.0. The van der Waals surface area contributed by atoms with Crippen molar-refractivity contribution in [3.05, 3.63) is 115 Å². The highest BCUT2D eigenvalue weighted by molar-refractivity contribution is 6.07. The predicted octanol–water partition coefficient (Wildman–Crippen LogP) is 5.22. The predicted molar refractivity (Wildman–Crippen MR) is 156 cm³/mol. The maximum absolute atomic E-state index is 12.7. The zero-order valence-corrected chi connectivity index (χ0v) is 22.6. The lowest BCUT2D eigenvalue weighted by Crippen LogP contribution is -2.12. The van der Waals surface area contributed by atoms with Crippen LogP contribution in [0.5, 0.6) is 11.5 Å². The second kappa shape index (κ2) is 16.2. The van der Waals surface area contributed by atoms with E-state index in [1.54, 1.807) is 30.3 Å². The van der Waals surface area contributed by atoms with Crippen LogP contribution < -0.4 is 9.47 Å². The van der Waals surface area contributed by atoms with Crippen molar-refractivity contribution in [1.29, 1.82) is 0 Å². The number of rotatable bonds is 16. The number of esters is 2. The molecule has 3 rings (SSSR count). The number of allylic oxidation sites excluding steroid dienone is 1. The van der Waals surface area contributed by atoms with E-state index in [1.807, 2.05) is 48.5 Å². The van der Waals surface area contributed by atoms with Gasteiger partial charge in [0, 0.05) is 18.1 Å². The van der Waals surface area contributed by atoms with Crippen LogP contribution in [0.1, 0.15) is 22.3 Å². The van der Waals surface area contributed by atoms with Gasteiger partial charge in [0.25, 0.3) is 0 Å². The zero-order valence-electron chi connectivity index (χ0n) is 22.6. The summed E-state index contributed by atoms with van der Waals surface area (Å²) in [5.41, 5.74) is 3.37. The molecule has 41 heavy (non-hydrogen) atoms. The molecule has 0 spiro atoms. The molecule has 0 aliphatic rings. The Hall–Kier alpha value is -4.95. The molecule has 0 fully saturated rings. The van der Waals surface area contributed by atoms with Gasteiger partial charge in [-0.25, -0.2) is 9.59 Å². The number of aliphatic hydroxyl groups excluding tert-OH is 1. The van der Waals surface area contributed by atoms with Crippen molar-refractivity contribution in [2.24, 2.45) is 0 Å². The van der Waals surface area contributed by atoms with E-state index in [2.05, 4.69) is 13.2 Å². The van der Waals surface area contributed by atoms with Crippen LogP contribution in [0.25, 0.3) is 17.2 Å². The Morgan fingerprint density at radius 2 is 1.32 bits per heavy atom. The van der Waals surface area contributed by atoms with Crippen LogP contribution in [0.3, 0.4) is 0 Å². The largest absolute Gasteiger partial charge is 0.493 e. The maximum atomic E-state index is 12.7. The van der Waals surface area contributed by atoms with Gasteiger partial charge in [-0.1, -0.05) is 67.8 Å². The first-order valence-corrected chi connectivity index (χ1v) is 12.9. The third kappa shape index (κ3) is 10.3. The highest BCUT2D eigenvalue weighted by Crippen LogP contribution is 2.23. The van der Waals surface area contributed by atoms with Crippen LogP contribution in [0.15, 0.2) is 104 Å². The highest BCUT2D eigenvalue weighted by atomic mass is 16.6. The fraction of sp³-hybridized carbons (Fsp3) is 0.182. The van der Waals surface area contributed by atoms with Gasteiger partial charge in [-0.3, -0.25) is 4.79 Å². The van der Waals surface area contributed by atoms with E-state index in [0.29, 0.717) is 30.1 Å². The van der Waals surface area contributed by atoms with Gasteiger partial charge in [-0.05, 0) is 47.0 Å². The average molecular weight is 557 g/mol. The number of aliphatic hydroxyl groups is 1. The topological polar surface area (TPSA) is 108 Å². The van der Waals surface area contributed by atoms with E-state index in [0.717, 1.165) is 22.8 Å². The van der Waals surface area contributed by atoms with Gasteiger partial charge in [0.2, 0.25) is 0 Å². The van der Waals surface area contributed by atoms with Gasteiger partial charge in [0.05, 0.1) is 25.4 Å². The normalized spacial score (nSPS) is 10.6. The summed E-state index contributed by atoms with van der Waals surface area (Å²) in [7, 11) is 0. The van der Waals surface area contributed by atoms with Crippen LogP contribution in [0.4, 0.5) is 0 Å². The summed E-state index contributed by atoms with van der Waals surface area (Å²) in [5.74, 6) is 0.0966. The Kier molecular flexibility index (Phi) is 12.1. The minimum absolute atomic E-state index is 0.0161. The van der Waals surface area contributed by atoms with E-state index in [1.165, 1.54) is 6.08 Å². The molecule has 8 nitrogen and oxygen atoms in total. The summed E-state index contributed by atoms with van der Waals surface area (Å²) in [4.78, 5) is 35.1. The lowest BCUT2D eigenvalue weighted by Gasteiger charge is -2.08. The Bertz CT molecular complexity index is 1350. The number of ketones is 1. The van der Waals surface area contributed by atoms with Gasteiger partial charge >= 0.3 is 11.9 Å². The number of carbonyl (C=O) groups excluding carboxylic acids is 3. The molecule has 3 aromatic carbocycles. The standard InChI is InChI=1S/C33H32O8/c1-3-32(36)40-22-21-39-30-16-12-27(13-17-30)26-8-10-28(11-9-26)31(35)18-7-25-5-14-29(15-6-25)38-19-4-20-41-33(37)24(2)23-34/h3,5-18,34H,1-2,4,19-23H2/b18-7+. The van der Waals surface area contributed by atoms with Gasteiger partial charge in [-0.2, -0.15) is 0 Å². The Labute approximate surface area is 239 Å². The molecule has 8 heteroatoms. The summed E-state index contributed by atoms with van der Waals surface area (Å²) >= 11 is 0. The molecule has 0 atom stereocenters. The molecule has 0 heterocycles. The minimum atomic E-state index is -0.616. The number of hydrogen-bond acceptors (Lipinski definition) is 8. The Morgan fingerprint density at radius 3 is 1.93 bits per heavy atom. The van der Waals surface area contributed by atoms with Gasteiger partial charge in [-0.15, -0.1) is 0 Å². The SMILES string of the molecule is C=CC(=O)OCCOc1ccc(-c2ccc(C(=O)/C=C/c3ccc(OCCCOC(=O)C(=C)CO)cc3)cc2)cc1. The number of benzene rings is 3. The van der Waals surface area contributed by atoms with Crippen LogP contribution >= 0.6 is 0 Å². The third-order valence-corrected chi connectivity index (χ3v) is 5.70. The van der Waals surface area contributed by atoms with Gasteiger partial charge in [0.1, 0.15) is 24.7 Å². The molecule has 0 aliphatic heterocycles. The first kappa shape index (κ1) is 30.6. The summed E-state index contributed by atoms with van der Waals surface area (Å²) in [6.07, 6.45) is 4.87. The molecule has 0 unspecified atom stereocenters. The van der Waals surface area contributed by atoms with E-state index in [4.69, 9.17) is 24.1 Å². The number of hydrogen-bond donors (Lipinski definition) is 1. The molecule has 0 saturated heterocycles. The van der Waals surface area contributed by atoms with Crippen molar-refractivity contribution in [3.63, 3.8) is 0 Å². The average Bonchev–Trinajstić information content (AvgIpc) is 3.02. The summed E-state index contributed by atoms with van der Waals surface area (Å²) in [5, 5.41) is 8.84. The molecule has 0 bridgehead atoms. The van der Waals surface area contributed by atoms with Crippen molar-refractivity contribution in [2.75, 3.05) is 33.0 Å². The van der Waals surface area contributed by atoms with Crippen LogP contribution in [0, 0.1) is 0 Å². The Morgan fingerprint density at radius 1 is 0.732 bits per heavy atom. The Balaban J connectivity index is 1.43.